The fourth-order valence-electron chi connectivity index (χ4n) is 3.39. The highest BCUT2D eigenvalue weighted by molar-refractivity contribution is 7.86. The Bertz CT molecular complexity index is 887. The molecule has 1 aromatic rings. The summed E-state index contributed by atoms with van der Waals surface area (Å²) in [6.07, 6.45) is 6.48. The van der Waals surface area contributed by atoms with Crippen LogP contribution >= 0.6 is 0 Å². The molecule has 31 heavy (non-hydrogen) atoms. The minimum atomic E-state index is -4.54. The van der Waals surface area contributed by atoms with Crippen LogP contribution in [0.3, 0.4) is 0 Å². The van der Waals surface area contributed by atoms with Gasteiger partial charge in [0.05, 0.1) is 36.7 Å². The number of rotatable bonds is 6. The van der Waals surface area contributed by atoms with Crippen molar-refractivity contribution in [2.45, 2.75) is 50.0 Å². The molecule has 1 N–H and O–H groups in total. The molecule has 1 aromatic carbocycles. The summed E-state index contributed by atoms with van der Waals surface area (Å²) in [4.78, 5) is 20.0. The third-order valence-electron chi connectivity index (χ3n) is 5.11. The highest BCUT2D eigenvalue weighted by Gasteiger charge is 2.23. The molecule has 2 aliphatic rings. The Morgan fingerprint density at radius 2 is 1.94 bits per heavy atom. The molecule has 3 rings (SSSR count). The Morgan fingerprint density at radius 3 is 2.55 bits per heavy atom. The van der Waals surface area contributed by atoms with Crippen LogP contribution in [0.4, 0.5) is 5.69 Å². The number of aliphatic imine (C=N–C) groups is 2. The average molecular weight is 455 g/mol. The Labute approximate surface area is 182 Å². The number of aryl methyl sites for hydroxylation is 1. The van der Waals surface area contributed by atoms with Crippen LogP contribution in [0.5, 0.6) is 0 Å². The van der Waals surface area contributed by atoms with Crippen molar-refractivity contribution in [3.05, 3.63) is 33.9 Å². The van der Waals surface area contributed by atoms with E-state index in [-0.39, 0.29) is 0 Å². The normalized spacial score (nSPS) is 17.7. The third kappa shape index (κ3) is 9.24. The second-order valence-electron chi connectivity index (χ2n) is 7.56. The van der Waals surface area contributed by atoms with Crippen LogP contribution in [0.15, 0.2) is 33.1 Å². The molecule has 2 fully saturated rings. The van der Waals surface area contributed by atoms with Crippen LogP contribution < -0.4 is 0 Å². The van der Waals surface area contributed by atoms with E-state index in [0.29, 0.717) is 11.6 Å². The molecule has 0 radical (unpaired) electrons. The molecule has 1 heterocycles. The number of nitro groups is 1. The van der Waals surface area contributed by atoms with Gasteiger partial charge in [0.1, 0.15) is 0 Å². The van der Waals surface area contributed by atoms with Gasteiger partial charge < -0.3 is 4.74 Å². The van der Waals surface area contributed by atoms with E-state index >= 15 is 0 Å². The molecule has 0 bridgehead atoms. The van der Waals surface area contributed by atoms with Crippen molar-refractivity contribution >= 4 is 21.8 Å². The van der Waals surface area contributed by atoms with Crippen molar-refractivity contribution in [2.75, 3.05) is 39.4 Å². The third-order valence-corrected chi connectivity index (χ3v) is 6.01. The van der Waals surface area contributed by atoms with Gasteiger partial charge in [-0.25, -0.2) is 9.98 Å². The number of morpholine rings is 1. The van der Waals surface area contributed by atoms with Gasteiger partial charge in [0.25, 0.3) is 5.69 Å². The molecule has 11 heteroatoms. The van der Waals surface area contributed by atoms with E-state index in [4.69, 9.17) is 9.29 Å². The Morgan fingerprint density at radius 1 is 1.26 bits per heavy atom. The molecule has 0 spiro atoms. The van der Waals surface area contributed by atoms with E-state index in [2.05, 4.69) is 20.9 Å². The topological polar surface area (TPSA) is 135 Å². The number of nitro benzene ring substituents is 1. The lowest BCUT2D eigenvalue weighted by atomic mass is 9.96. The molecule has 0 unspecified atom stereocenters. The molecule has 1 saturated heterocycles. The van der Waals surface area contributed by atoms with Gasteiger partial charge in [-0.05, 0) is 31.4 Å². The summed E-state index contributed by atoms with van der Waals surface area (Å²) in [5.74, 6) is 0. The summed E-state index contributed by atoms with van der Waals surface area (Å²) in [6, 6.07) is 6.84. The van der Waals surface area contributed by atoms with Gasteiger partial charge >= 0.3 is 10.1 Å². The lowest BCUT2D eigenvalue weighted by Crippen LogP contribution is -2.37. The SMILES string of the molecule is C(=NCCN1CCOCC1)=NC1CCCCC1.Cc1ccc(S(=O)(=O)O)c([N+](=O)[O-])c1. The van der Waals surface area contributed by atoms with Crippen molar-refractivity contribution in [3.8, 4) is 0 Å². The van der Waals surface area contributed by atoms with Crippen LogP contribution in [0, 0.1) is 17.0 Å². The van der Waals surface area contributed by atoms with Crippen LogP contribution in [0.2, 0.25) is 0 Å². The number of hydrogen-bond acceptors (Lipinski definition) is 8. The average Bonchev–Trinajstić information content (AvgIpc) is 2.74. The fraction of sp³-hybridized carbons (Fsp3) is 0.650. The first-order chi connectivity index (χ1) is 14.8. The van der Waals surface area contributed by atoms with Crippen molar-refractivity contribution in [3.63, 3.8) is 0 Å². The van der Waals surface area contributed by atoms with Gasteiger partial charge in [-0.3, -0.25) is 19.6 Å². The van der Waals surface area contributed by atoms with E-state index in [9.17, 15) is 18.5 Å². The quantitative estimate of drug-likeness (QED) is 0.302. The lowest BCUT2D eigenvalue weighted by Gasteiger charge is -2.25. The molecule has 172 valence electrons. The predicted octanol–water partition coefficient (Wildman–Crippen LogP) is 2.98. The van der Waals surface area contributed by atoms with Gasteiger partial charge in [0.2, 0.25) is 0 Å². The Kier molecular flexibility index (Phi) is 10.2. The minimum Gasteiger partial charge on any atom is -0.379 e. The summed E-state index contributed by atoms with van der Waals surface area (Å²) < 4.78 is 35.4. The molecule has 1 aliphatic carbocycles. The summed E-state index contributed by atoms with van der Waals surface area (Å²) in [6.45, 7) is 7.21. The highest BCUT2D eigenvalue weighted by atomic mass is 32.2. The molecular weight excluding hydrogens is 424 g/mol. The molecule has 0 aromatic heterocycles. The van der Waals surface area contributed by atoms with E-state index in [0.717, 1.165) is 51.5 Å². The van der Waals surface area contributed by atoms with Gasteiger partial charge in [0.15, 0.2) is 4.90 Å². The van der Waals surface area contributed by atoms with Crippen molar-refractivity contribution in [1.29, 1.82) is 0 Å². The molecular formula is C20H30N4O6S. The first kappa shape index (κ1) is 25.1. The van der Waals surface area contributed by atoms with Gasteiger partial charge in [-0.1, -0.05) is 25.3 Å². The zero-order valence-corrected chi connectivity index (χ0v) is 18.6. The predicted molar refractivity (Wildman–Crippen MR) is 117 cm³/mol. The van der Waals surface area contributed by atoms with Crippen LogP contribution in [0.25, 0.3) is 0 Å². The number of ether oxygens (including phenoxy) is 1. The number of nitrogens with zero attached hydrogens (tertiary/aromatic N) is 4. The number of benzene rings is 1. The van der Waals surface area contributed by atoms with E-state index in [1.807, 2.05) is 0 Å². The Hall–Kier alpha value is -2.17. The zero-order chi connectivity index (χ0) is 22.7. The van der Waals surface area contributed by atoms with Gasteiger partial charge in [-0.15, -0.1) is 0 Å². The molecule has 1 saturated carbocycles. The minimum absolute atomic E-state index is 0.496. The highest BCUT2D eigenvalue weighted by Crippen LogP contribution is 2.24. The Balaban J connectivity index is 0.000000225. The maximum atomic E-state index is 10.7. The summed E-state index contributed by atoms with van der Waals surface area (Å²) in [5, 5.41) is 10.5. The summed E-state index contributed by atoms with van der Waals surface area (Å²) in [5.41, 5.74) is -0.0726. The largest absolute Gasteiger partial charge is 0.379 e. The maximum Gasteiger partial charge on any atom is 0.301 e. The molecule has 10 nitrogen and oxygen atoms in total. The van der Waals surface area contributed by atoms with Crippen molar-refractivity contribution < 1.29 is 22.6 Å². The van der Waals surface area contributed by atoms with Crippen LogP contribution in [0.1, 0.15) is 37.7 Å². The van der Waals surface area contributed by atoms with E-state index < -0.39 is 25.6 Å². The molecule has 0 atom stereocenters. The fourth-order valence-corrected chi connectivity index (χ4v) is 4.02. The first-order valence-electron chi connectivity index (χ1n) is 10.4. The van der Waals surface area contributed by atoms with Crippen LogP contribution in [-0.4, -0.2) is 74.2 Å². The van der Waals surface area contributed by atoms with Gasteiger partial charge in [0, 0.05) is 25.7 Å². The van der Waals surface area contributed by atoms with E-state index in [1.54, 1.807) is 6.92 Å². The summed E-state index contributed by atoms with van der Waals surface area (Å²) in [7, 11) is -4.54. The summed E-state index contributed by atoms with van der Waals surface area (Å²) >= 11 is 0. The van der Waals surface area contributed by atoms with Crippen LogP contribution in [-0.2, 0) is 14.9 Å². The standard InChI is InChI=1S/C13H23N3O.C7H7NO5S/c1-2-4-13(5-3-1)15-12-14-6-7-16-8-10-17-11-9-16;1-5-2-3-7(14(11,12)13)6(4-5)8(9)10/h13H,1-11H2;2-4H,1H3,(H,11,12,13). The lowest BCUT2D eigenvalue weighted by molar-refractivity contribution is -0.387. The molecule has 1 aliphatic heterocycles. The van der Waals surface area contributed by atoms with Crippen molar-refractivity contribution in [1.82, 2.24) is 4.90 Å². The van der Waals surface area contributed by atoms with E-state index in [1.165, 1.54) is 38.2 Å². The first-order valence-corrected chi connectivity index (χ1v) is 11.9. The number of hydrogen-bond donors (Lipinski definition) is 1. The zero-order valence-electron chi connectivity index (χ0n) is 17.8. The monoisotopic (exact) mass is 454 g/mol. The van der Waals surface area contributed by atoms with Gasteiger partial charge in [-0.2, -0.15) is 8.42 Å². The van der Waals surface area contributed by atoms with Crippen molar-refractivity contribution in [2.24, 2.45) is 9.98 Å². The maximum absolute atomic E-state index is 10.7. The molecule has 0 amide bonds. The second-order valence-corrected chi connectivity index (χ2v) is 8.95. The smallest absolute Gasteiger partial charge is 0.301 e. The second kappa shape index (κ2) is 12.6.